The number of nitrogens with zero attached hydrogens (tertiary/aromatic N) is 3. The molecule has 6 nitrogen and oxygen atoms in total. The molecule has 0 aromatic carbocycles. The van der Waals surface area contributed by atoms with Gasteiger partial charge in [-0.05, 0) is 31.0 Å². The van der Waals surface area contributed by atoms with E-state index in [0.717, 1.165) is 16.0 Å². The molecule has 0 unspecified atom stereocenters. The zero-order valence-corrected chi connectivity index (χ0v) is 10.6. The summed E-state index contributed by atoms with van der Waals surface area (Å²) in [5, 5.41) is 0. The zero-order chi connectivity index (χ0) is 13.5. The van der Waals surface area contributed by atoms with E-state index in [1.165, 1.54) is 13.4 Å². The van der Waals surface area contributed by atoms with Crippen molar-refractivity contribution in [1.29, 1.82) is 0 Å². The van der Waals surface area contributed by atoms with Gasteiger partial charge in [0, 0.05) is 6.20 Å². The highest BCUT2D eigenvalue weighted by Crippen LogP contribution is 2.17. The molecule has 0 fully saturated rings. The molecule has 1 aromatic rings. The summed E-state index contributed by atoms with van der Waals surface area (Å²) in [4.78, 5) is 31.0. The lowest BCUT2D eigenvalue weighted by molar-refractivity contribution is -0.142. The predicted octanol–water partition coefficient (Wildman–Crippen LogP) is 0.990. The topological polar surface area (TPSA) is 71.9 Å². The molecule has 1 aromatic heterocycles. The maximum Gasteiger partial charge on any atom is 0.325 e. The Kier molecular flexibility index (Phi) is 4.98. The highest BCUT2D eigenvalue weighted by Gasteiger charge is 2.06. The zero-order valence-electron chi connectivity index (χ0n) is 10.6. The largest absolute Gasteiger partial charge is 0.468 e. The van der Waals surface area contributed by atoms with Crippen LogP contribution >= 0.6 is 0 Å². The van der Waals surface area contributed by atoms with Crippen LogP contribution in [0.1, 0.15) is 11.1 Å². The van der Waals surface area contributed by atoms with Crippen LogP contribution in [0.4, 0.5) is 5.82 Å². The molecular weight excluding hydrogens is 234 g/mol. The monoisotopic (exact) mass is 249 g/mol. The summed E-state index contributed by atoms with van der Waals surface area (Å²) in [5.41, 5.74) is 1.99. The maximum atomic E-state index is 11.0. The number of methoxy groups -OCH3 is 1. The van der Waals surface area contributed by atoms with Crippen molar-refractivity contribution in [2.45, 2.75) is 13.8 Å². The summed E-state index contributed by atoms with van der Waals surface area (Å²) < 4.78 is 4.46. The van der Waals surface area contributed by atoms with Gasteiger partial charge in [-0.2, -0.15) is 0 Å². The number of amides is 1. The summed E-state index contributed by atoms with van der Waals surface area (Å²) in [6, 6.07) is 1.88. The second kappa shape index (κ2) is 6.48. The van der Waals surface area contributed by atoms with Crippen molar-refractivity contribution in [2.75, 3.05) is 13.7 Å². The van der Waals surface area contributed by atoms with Gasteiger partial charge in [-0.1, -0.05) is 0 Å². The fourth-order valence-electron chi connectivity index (χ4n) is 1.20. The second-order valence-corrected chi connectivity index (χ2v) is 3.67. The maximum absolute atomic E-state index is 11.0. The number of aromatic nitrogens is 1. The molecule has 0 bridgehead atoms. The Balaban J connectivity index is 2.80. The molecule has 18 heavy (non-hydrogen) atoms. The number of aliphatic imine (C=N–C) groups is 1. The van der Waals surface area contributed by atoms with E-state index < -0.39 is 5.97 Å². The van der Waals surface area contributed by atoms with Crippen LogP contribution < -0.4 is 0 Å². The first-order chi connectivity index (χ1) is 8.58. The van der Waals surface area contributed by atoms with Gasteiger partial charge >= 0.3 is 5.97 Å². The quantitative estimate of drug-likeness (QED) is 0.337. The minimum atomic E-state index is -0.512. The van der Waals surface area contributed by atoms with Gasteiger partial charge in [0.15, 0.2) is 5.82 Å². The van der Waals surface area contributed by atoms with E-state index in [9.17, 15) is 9.59 Å². The van der Waals surface area contributed by atoms with Gasteiger partial charge in [-0.15, -0.1) is 0 Å². The number of pyridine rings is 1. The Morgan fingerprint density at radius 2 is 2.28 bits per heavy atom. The van der Waals surface area contributed by atoms with Crippen LogP contribution in [0, 0.1) is 13.8 Å². The standard InChI is InChI=1S/C12H15N3O3/c1-9-4-5-13-12(10(9)2)14-7-15(8-16)6-11(17)18-3/h4-5,7-8H,6H2,1-3H3/b14-7-. The summed E-state index contributed by atoms with van der Waals surface area (Å²) in [6.45, 7) is 3.66. The normalized spacial score (nSPS) is 10.4. The van der Waals surface area contributed by atoms with Crippen molar-refractivity contribution in [1.82, 2.24) is 9.88 Å². The number of carbonyl (C=O) groups excluding carboxylic acids is 2. The van der Waals surface area contributed by atoms with Gasteiger partial charge < -0.3 is 4.74 Å². The predicted molar refractivity (Wildman–Crippen MR) is 66.6 cm³/mol. The van der Waals surface area contributed by atoms with Crippen molar-refractivity contribution in [3.8, 4) is 0 Å². The number of rotatable bonds is 5. The van der Waals surface area contributed by atoms with Crippen LogP contribution in [0.25, 0.3) is 0 Å². The van der Waals surface area contributed by atoms with Crippen LogP contribution in [0.2, 0.25) is 0 Å². The number of hydrogen-bond donors (Lipinski definition) is 0. The highest BCUT2D eigenvalue weighted by atomic mass is 16.5. The van der Waals surface area contributed by atoms with Crippen LogP contribution in [-0.2, 0) is 14.3 Å². The fourth-order valence-corrected chi connectivity index (χ4v) is 1.20. The number of ether oxygens (including phenoxy) is 1. The van der Waals surface area contributed by atoms with E-state index in [2.05, 4.69) is 14.7 Å². The number of carbonyl (C=O) groups is 2. The molecule has 0 saturated carbocycles. The van der Waals surface area contributed by atoms with E-state index in [1.807, 2.05) is 19.9 Å². The van der Waals surface area contributed by atoms with Crippen LogP contribution in [0.15, 0.2) is 17.3 Å². The van der Waals surface area contributed by atoms with Crippen molar-refractivity contribution in [3.05, 3.63) is 23.4 Å². The first-order valence-corrected chi connectivity index (χ1v) is 5.32. The SMILES string of the molecule is COC(=O)CN(C=O)/C=N\c1nccc(C)c1C. The third-order valence-electron chi connectivity index (χ3n) is 2.45. The first kappa shape index (κ1) is 13.8. The van der Waals surface area contributed by atoms with Crippen LogP contribution in [0.5, 0.6) is 0 Å². The van der Waals surface area contributed by atoms with Gasteiger partial charge in [0.2, 0.25) is 6.41 Å². The van der Waals surface area contributed by atoms with E-state index in [0.29, 0.717) is 12.2 Å². The molecule has 96 valence electrons. The summed E-state index contributed by atoms with van der Waals surface area (Å²) in [5.74, 6) is 0.00851. The third-order valence-corrected chi connectivity index (χ3v) is 2.45. The lowest BCUT2D eigenvalue weighted by atomic mass is 10.2. The lowest BCUT2D eigenvalue weighted by Gasteiger charge is -2.09. The van der Waals surface area contributed by atoms with E-state index >= 15 is 0 Å². The lowest BCUT2D eigenvalue weighted by Crippen LogP contribution is -2.28. The number of aryl methyl sites for hydroxylation is 1. The minimum absolute atomic E-state index is 0.172. The second-order valence-electron chi connectivity index (χ2n) is 3.67. The van der Waals surface area contributed by atoms with Gasteiger partial charge in [0.05, 0.1) is 7.11 Å². The smallest absolute Gasteiger partial charge is 0.325 e. The average Bonchev–Trinajstić information content (AvgIpc) is 2.38. The third kappa shape index (κ3) is 3.65. The molecular formula is C12H15N3O3. The van der Waals surface area contributed by atoms with Crippen molar-refractivity contribution in [2.24, 2.45) is 4.99 Å². The molecule has 0 atom stereocenters. The molecule has 1 heterocycles. The minimum Gasteiger partial charge on any atom is -0.468 e. The van der Waals surface area contributed by atoms with E-state index in [1.54, 1.807) is 6.20 Å². The van der Waals surface area contributed by atoms with Crippen LogP contribution in [0.3, 0.4) is 0 Å². The number of esters is 1. The van der Waals surface area contributed by atoms with Crippen LogP contribution in [-0.4, -0.2) is 42.3 Å². The van der Waals surface area contributed by atoms with Crippen molar-refractivity contribution < 1.29 is 14.3 Å². The summed E-state index contributed by atoms with van der Waals surface area (Å²) in [7, 11) is 1.26. The molecule has 0 aliphatic carbocycles. The molecule has 0 N–H and O–H groups in total. The van der Waals surface area contributed by atoms with Crippen molar-refractivity contribution >= 4 is 24.5 Å². The highest BCUT2D eigenvalue weighted by molar-refractivity contribution is 5.82. The van der Waals surface area contributed by atoms with Crippen molar-refractivity contribution in [3.63, 3.8) is 0 Å². The average molecular weight is 249 g/mol. The Bertz CT molecular complexity index is 472. The molecule has 1 rings (SSSR count). The Hall–Kier alpha value is -2.24. The van der Waals surface area contributed by atoms with E-state index in [-0.39, 0.29) is 6.54 Å². The van der Waals surface area contributed by atoms with E-state index in [4.69, 9.17) is 0 Å². The molecule has 0 aliphatic rings. The molecule has 1 amide bonds. The summed E-state index contributed by atoms with van der Waals surface area (Å²) in [6.07, 6.45) is 3.41. The molecule has 0 aliphatic heterocycles. The fraction of sp³-hybridized carbons (Fsp3) is 0.333. The Labute approximate surface area is 105 Å². The Morgan fingerprint density at radius 3 is 2.89 bits per heavy atom. The Morgan fingerprint density at radius 1 is 1.56 bits per heavy atom. The molecule has 0 saturated heterocycles. The van der Waals surface area contributed by atoms with Gasteiger partial charge in [-0.3, -0.25) is 14.5 Å². The summed E-state index contributed by atoms with van der Waals surface area (Å²) >= 11 is 0. The van der Waals surface area contributed by atoms with Gasteiger partial charge in [0.25, 0.3) is 0 Å². The molecule has 6 heteroatoms. The molecule has 0 radical (unpaired) electrons. The van der Waals surface area contributed by atoms with Gasteiger partial charge in [-0.25, -0.2) is 9.98 Å². The molecule has 0 spiro atoms. The van der Waals surface area contributed by atoms with Gasteiger partial charge in [0.1, 0.15) is 12.9 Å². The first-order valence-electron chi connectivity index (χ1n) is 5.32. The number of hydrogen-bond acceptors (Lipinski definition) is 5.